The lowest BCUT2D eigenvalue weighted by Gasteiger charge is -2.34. The van der Waals surface area contributed by atoms with Gasteiger partial charge in [-0.2, -0.15) is 0 Å². The first-order valence-electron chi connectivity index (χ1n) is 8.78. The number of hydrogen-bond acceptors (Lipinski definition) is 4. The summed E-state index contributed by atoms with van der Waals surface area (Å²) in [6, 6.07) is 5.52. The van der Waals surface area contributed by atoms with Crippen LogP contribution in [-0.4, -0.2) is 43.7 Å². The number of rotatable bonds is 6. The van der Waals surface area contributed by atoms with Crippen molar-refractivity contribution in [2.75, 3.05) is 26.8 Å². The molecule has 1 aromatic carbocycles. The van der Waals surface area contributed by atoms with Crippen LogP contribution < -0.4 is 15.2 Å². The van der Waals surface area contributed by atoms with Crippen LogP contribution in [-0.2, 0) is 0 Å². The van der Waals surface area contributed by atoms with Gasteiger partial charge in [0.15, 0.2) is 11.5 Å². The fourth-order valence-corrected chi connectivity index (χ4v) is 2.98. The number of benzene rings is 1. The van der Waals surface area contributed by atoms with Crippen LogP contribution in [0.4, 0.5) is 0 Å². The molecule has 1 aliphatic rings. The Morgan fingerprint density at radius 3 is 2.71 bits per heavy atom. The van der Waals surface area contributed by atoms with Gasteiger partial charge in [0.25, 0.3) is 5.91 Å². The maximum Gasteiger partial charge on any atom is 0.254 e. The number of hydrogen-bond donors (Lipinski definition) is 1. The van der Waals surface area contributed by atoms with E-state index in [0.29, 0.717) is 35.5 Å². The highest BCUT2D eigenvalue weighted by molar-refractivity contribution is 5.95. The van der Waals surface area contributed by atoms with Crippen LogP contribution in [0.25, 0.3) is 0 Å². The smallest absolute Gasteiger partial charge is 0.254 e. The molecule has 0 radical (unpaired) electrons. The Bertz CT molecular complexity index is 558. The van der Waals surface area contributed by atoms with Crippen molar-refractivity contribution in [2.24, 2.45) is 17.6 Å². The van der Waals surface area contributed by atoms with Crippen molar-refractivity contribution >= 4 is 5.91 Å². The lowest BCUT2D eigenvalue weighted by molar-refractivity contribution is 0.0660. The highest BCUT2D eigenvalue weighted by Gasteiger charge is 2.27. The van der Waals surface area contributed by atoms with Crippen LogP contribution in [0, 0.1) is 11.8 Å². The topological polar surface area (TPSA) is 64.8 Å². The molecule has 1 heterocycles. The summed E-state index contributed by atoms with van der Waals surface area (Å²) in [5.74, 6) is 2.11. The molecule has 2 rings (SSSR count). The number of carbonyl (C=O) groups is 1. The summed E-state index contributed by atoms with van der Waals surface area (Å²) in [6.45, 7) is 8.33. The molecule has 24 heavy (non-hydrogen) atoms. The summed E-state index contributed by atoms with van der Waals surface area (Å²) in [4.78, 5) is 14.7. The van der Waals surface area contributed by atoms with Crippen LogP contribution in [0.2, 0.25) is 0 Å². The van der Waals surface area contributed by atoms with Gasteiger partial charge in [-0.1, -0.05) is 13.8 Å². The molecule has 0 unspecified atom stereocenters. The highest BCUT2D eigenvalue weighted by atomic mass is 16.5. The Kier molecular flexibility index (Phi) is 6.49. The minimum Gasteiger partial charge on any atom is -0.493 e. The number of likely N-dealkylation sites (tertiary alicyclic amines) is 1. The molecule has 134 valence electrons. The lowest BCUT2D eigenvalue weighted by atomic mass is 9.92. The molecule has 0 aromatic heterocycles. The van der Waals surface area contributed by atoms with Gasteiger partial charge < -0.3 is 20.1 Å². The number of piperidine rings is 1. The van der Waals surface area contributed by atoms with Gasteiger partial charge in [0.1, 0.15) is 0 Å². The molecule has 1 aliphatic heterocycles. The molecule has 0 bridgehead atoms. The van der Waals surface area contributed by atoms with Crippen molar-refractivity contribution < 1.29 is 14.3 Å². The van der Waals surface area contributed by atoms with Crippen LogP contribution in [0.3, 0.4) is 0 Å². The number of methoxy groups -OCH3 is 1. The Balaban J connectivity index is 2.11. The molecular formula is C19H30N2O3. The average Bonchev–Trinajstić information content (AvgIpc) is 2.59. The summed E-state index contributed by atoms with van der Waals surface area (Å²) < 4.78 is 11.2. The van der Waals surface area contributed by atoms with Gasteiger partial charge in [0.05, 0.1) is 13.7 Å². The standard InChI is InChI=1S/C19H30N2O3/c1-13(2)12-24-17-8-7-15(10-18(17)23-4)19(22)21-9-5-6-16(11-21)14(3)20/h7-8,10,13-14,16H,5-6,9,11-12,20H2,1-4H3/t14-,16-/m1/s1. The van der Waals surface area contributed by atoms with Gasteiger partial charge in [0.2, 0.25) is 0 Å². The summed E-state index contributed by atoms with van der Waals surface area (Å²) in [5.41, 5.74) is 6.65. The first-order chi connectivity index (χ1) is 11.4. The predicted molar refractivity (Wildman–Crippen MR) is 95.6 cm³/mol. The van der Waals surface area contributed by atoms with E-state index in [2.05, 4.69) is 13.8 Å². The SMILES string of the molecule is COc1cc(C(=O)N2CCC[C@@H]([C@@H](C)N)C2)ccc1OCC(C)C. The fraction of sp³-hybridized carbons (Fsp3) is 0.632. The van der Waals surface area contributed by atoms with Gasteiger partial charge in [-0.25, -0.2) is 0 Å². The molecule has 0 saturated carbocycles. The molecule has 2 atom stereocenters. The molecule has 5 heteroatoms. The van der Waals surface area contributed by atoms with Gasteiger partial charge in [-0.05, 0) is 49.8 Å². The largest absolute Gasteiger partial charge is 0.493 e. The molecule has 1 amide bonds. The molecule has 1 saturated heterocycles. The molecule has 1 fully saturated rings. The third kappa shape index (κ3) is 4.63. The zero-order valence-corrected chi connectivity index (χ0v) is 15.2. The molecule has 1 aromatic rings. The second-order valence-corrected chi connectivity index (χ2v) is 7.08. The van der Waals surface area contributed by atoms with Crippen molar-refractivity contribution in [3.8, 4) is 11.5 Å². The Hall–Kier alpha value is -1.75. The molecule has 0 spiro atoms. The lowest BCUT2D eigenvalue weighted by Crippen LogP contribution is -2.45. The monoisotopic (exact) mass is 334 g/mol. The van der Waals surface area contributed by atoms with Crippen molar-refractivity contribution in [3.63, 3.8) is 0 Å². The zero-order chi connectivity index (χ0) is 17.7. The summed E-state index contributed by atoms with van der Waals surface area (Å²) in [5, 5.41) is 0. The molecule has 5 nitrogen and oxygen atoms in total. The Morgan fingerprint density at radius 2 is 2.08 bits per heavy atom. The predicted octanol–water partition coefficient (Wildman–Crippen LogP) is 2.93. The van der Waals surface area contributed by atoms with E-state index in [9.17, 15) is 4.79 Å². The van der Waals surface area contributed by atoms with E-state index in [1.165, 1.54) is 0 Å². The summed E-state index contributed by atoms with van der Waals surface area (Å²) >= 11 is 0. The van der Waals surface area contributed by atoms with E-state index in [4.69, 9.17) is 15.2 Å². The first kappa shape index (κ1) is 18.6. The Labute approximate surface area is 145 Å². The number of nitrogens with zero attached hydrogens (tertiary/aromatic N) is 1. The van der Waals surface area contributed by atoms with E-state index < -0.39 is 0 Å². The zero-order valence-electron chi connectivity index (χ0n) is 15.2. The molecular weight excluding hydrogens is 304 g/mol. The number of nitrogens with two attached hydrogens (primary N) is 1. The minimum atomic E-state index is 0.0362. The highest BCUT2D eigenvalue weighted by Crippen LogP contribution is 2.30. The van der Waals surface area contributed by atoms with Crippen molar-refractivity contribution in [2.45, 2.75) is 39.7 Å². The van der Waals surface area contributed by atoms with Crippen molar-refractivity contribution in [1.82, 2.24) is 4.90 Å². The van der Waals surface area contributed by atoms with Gasteiger partial charge >= 0.3 is 0 Å². The van der Waals surface area contributed by atoms with E-state index in [-0.39, 0.29) is 11.9 Å². The van der Waals surface area contributed by atoms with E-state index >= 15 is 0 Å². The Morgan fingerprint density at radius 1 is 1.33 bits per heavy atom. The normalized spacial score (nSPS) is 19.2. The molecule has 2 N–H and O–H groups in total. The molecule has 0 aliphatic carbocycles. The maximum atomic E-state index is 12.8. The van der Waals surface area contributed by atoms with Crippen LogP contribution in [0.15, 0.2) is 18.2 Å². The summed E-state index contributed by atoms with van der Waals surface area (Å²) in [7, 11) is 1.60. The second-order valence-electron chi connectivity index (χ2n) is 7.08. The van der Waals surface area contributed by atoms with Gasteiger partial charge in [0, 0.05) is 24.7 Å². The summed E-state index contributed by atoms with van der Waals surface area (Å²) in [6.07, 6.45) is 2.09. The number of amides is 1. The first-order valence-corrected chi connectivity index (χ1v) is 8.78. The minimum absolute atomic E-state index is 0.0362. The second kappa shape index (κ2) is 8.38. The van der Waals surface area contributed by atoms with Crippen LogP contribution in [0.5, 0.6) is 11.5 Å². The number of ether oxygens (including phenoxy) is 2. The average molecular weight is 334 g/mol. The van der Waals surface area contributed by atoms with E-state index in [0.717, 1.165) is 25.9 Å². The van der Waals surface area contributed by atoms with Crippen LogP contribution >= 0.6 is 0 Å². The van der Waals surface area contributed by atoms with Crippen molar-refractivity contribution in [3.05, 3.63) is 23.8 Å². The van der Waals surface area contributed by atoms with E-state index in [1.54, 1.807) is 13.2 Å². The van der Waals surface area contributed by atoms with Gasteiger partial charge in [-0.15, -0.1) is 0 Å². The number of carbonyl (C=O) groups excluding carboxylic acids is 1. The third-order valence-electron chi connectivity index (χ3n) is 4.47. The third-order valence-corrected chi connectivity index (χ3v) is 4.47. The van der Waals surface area contributed by atoms with Gasteiger partial charge in [-0.3, -0.25) is 4.79 Å². The van der Waals surface area contributed by atoms with Crippen LogP contribution in [0.1, 0.15) is 44.0 Å². The fourth-order valence-electron chi connectivity index (χ4n) is 2.98. The van der Waals surface area contributed by atoms with E-state index in [1.807, 2.05) is 24.0 Å². The quantitative estimate of drug-likeness (QED) is 0.869. The van der Waals surface area contributed by atoms with Crippen molar-refractivity contribution in [1.29, 1.82) is 0 Å². The maximum absolute atomic E-state index is 12.8.